The summed E-state index contributed by atoms with van der Waals surface area (Å²) in [4.78, 5) is 55.3. The number of carbonyl (C=O) groups excluding carboxylic acids is 4. The molecule has 0 bridgehead atoms. The van der Waals surface area contributed by atoms with Gasteiger partial charge in [0.1, 0.15) is 29.0 Å². The third-order valence-corrected chi connectivity index (χ3v) is 9.15. The van der Waals surface area contributed by atoms with Gasteiger partial charge >= 0.3 is 0 Å². The number of hydrogen-bond acceptors (Lipinski definition) is 7. The molecule has 0 saturated carbocycles. The van der Waals surface area contributed by atoms with E-state index in [0.717, 1.165) is 16.0 Å². The van der Waals surface area contributed by atoms with Crippen LogP contribution in [0.2, 0.25) is 0 Å². The molecule has 0 spiro atoms. The van der Waals surface area contributed by atoms with E-state index in [9.17, 15) is 19.2 Å². The van der Waals surface area contributed by atoms with Crippen molar-refractivity contribution in [2.75, 3.05) is 18.1 Å². The van der Waals surface area contributed by atoms with Crippen LogP contribution in [-0.4, -0.2) is 41.2 Å². The van der Waals surface area contributed by atoms with E-state index in [1.165, 1.54) is 17.8 Å². The molecule has 0 saturated heterocycles. The highest BCUT2D eigenvalue weighted by Crippen LogP contribution is 2.33. The van der Waals surface area contributed by atoms with Crippen molar-refractivity contribution in [1.29, 1.82) is 0 Å². The number of Topliss-reactive ketones (excluding diaryl/α,β-unsaturated/α-hetero) is 1. The normalized spacial score (nSPS) is 14.4. The van der Waals surface area contributed by atoms with E-state index in [1.807, 2.05) is 79.5 Å². The van der Waals surface area contributed by atoms with E-state index in [1.54, 1.807) is 66.7 Å². The molecule has 4 aromatic carbocycles. The standard InChI is InChI=1S/C40H34N4O5S/c1-26-36(38(46)37(44(26)2)28-14-8-4-9-15-28)43-35(45)25-50-32-21-18-30(19-22-32)41-40(48)33(42-39(47)29-16-10-5-11-17-29)24-31-20-23-34(49-31)27-12-6-3-7-13-27/h3-24,37H,25H2,1-2H3,(H,41,48)(H,42,47)(H,43,45)/b33-24+/t37-/m0/s1. The van der Waals surface area contributed by atoms with E-state index < -0.39 is 17.9 Å². The van der Waals surface area contributed by atoms with Crippen molar-refractivity contribution in [2.45, 2.75) is 17.9 Å². The van der Waals surface area contributed by atoms with Crippen LogP contribution in [0.15, 0.2) is 154 Å². The number of furan rings is 1. The summed E-state index contributed by atoms with van der Waals surface area (Å²) < 4.78 is 5.97. The van der Waals surface area contributed by atoms with E-state index in [2.05, 4.69) is 16.0 Å². The van der Waals surface area contributed by atoms with Crippen molar-refractivity contribution >= 4 is 47.0 Å². The molecule has 1 atom stereocenters. The molecule has 10 heteroatoms. The molecule has 1 aliphatic rings. The lowest BCUT2D eigenvalue weighted by Crippen LogP contribution is -2.30. The molecule has 2 heterocycles. The zero-order chi connectivity index (χ0) is 35.0. The summed E-state index contributed by atoms with van der Waals surface area (Å²) in [6.07, 6.45) is 1.48. The van der Waals surface area contributed by atoms with Crippen LogP contribution in [0.1, 0.15) is 34.6 Å². The fraction of sp³-hybridized carbons (Fsp3) is 0.100. The number of ketones is 1. The highest BCUT2D eigenvalue weighted by Gasteiger charge is 2.37. The highest BCUT2D eigenvalue weighted by atomic mass is 32.2. The number of benzene rings is 4. The minimum Gasteiger partial charge on any atom is -0.457 e. The van der Waals surface area contributed by atoms with Gasteiger partial charge in [-0.1, -0.05) is 78.9 Å². The number of thioether (sulfide) groups is 1. The molecular formula is C40H34N4O5S. The molecule has 1 aliphatic heterocycles. The van der Waals surface area contributed by atoms with Crippen LogP contribution in [0, 0.1) is 0 Å². The number of nitrogens with one attached hydrogen (secondary N) is 3. The van der Waals surface area contributed by atoms with Crippen LogP contribution in [0.4, 0.5) is 5.69 Å². The van der Waals surface area contributed by atoms with Crippen molar-refractivity contribution < 1.29 is 23.6 Å². The summed E-state index contributed by atoms with van der Waals surface area (Å²) in [5, 5.41) is 8.36. The molecule has 3 amide bonds. The van der Waals surface area contributed by atoms with Crippen LogP contribution in [0.25, 0.3) is 17.4 Å². The number of allylic oxidation sites excluding steroid dienone is 1. The van der Waals surface area contributed by atoms with Gasteiger partial charge in [0.2, 0.25) is 11.7 Å². The molecule has 0 radical (unpaired) electrons. The predicted octanol–water partition coefficient (Wildman–Crippen LogP) is 7.05. The van der Waals surface area contributed by atoms with Gasteiger partial charge in [-0.05, 0) is 61.0 Å². The predicted molar refractivity (Wildman–Crippen MR) is 195 cm³/mol. The molecular weight excluding hydrogens is 649 g/mol. The highest BCUT2D eigenvalue weighted by molar-refractivity contribution is 8.00. The lowest BCUT2D eigenvalue weighted by Gasteiger charge is -2.22. The summed E-state index contributed by atoms with van der Waals surface area (Å²) in [5.74, 6) is -0.337. The van der Waals surface area contributed by atoms with Crippen LogP contribution in [0.3, 0.4) is 0 Å². The Morgan fingerprint density at radius 3 is 2.12 bits per heavy atom. The second-order valence-corrected chi connectivity index (χ2v) is 12.6. The van der Waals surface area contributed by atoms with Gasteiger partial charge in [-0.2, -0.15) is 0 Å². The molecule has 9 nitrogen and oxygen atoms in total. The van der Waals surface area contributed by atoms with Crippen LogP contribution < -0.4 is 16.0 Å². The van der Waals surface area contributed by atoms with Gasteiger partial charge in [-0.25, -0.2) is 0 Å². The fourth-order valence-electron chi connectivity index (χ4n) is 5.45. The maximum absolute atomic E-state index is 13.5. The number of likely N-dealkylation sites (N-methyl/N-ethyl adjacent to an activating group) is 1. The van der Waals surface area contributed by atoms with E-state index in [0.29, 0.717) is 34.2 Å². The lowest BCUT2D eigenvalue weighted by atomic mass is 10.0. The third-order valence-electron chi connectivity index (χ3n) is 8.14. The first kappa shape index (κ1) is 33.8. The van der Waals surface area contributed by atoms with Gasteiger partial charge in [0, 0.05) is 40.5 Å². The number of nitrogens with zero attached hydrogens (tertiary/aromatic N) is 1. The molecule has 0 fully saturated rings. The zero-order valence-corrected chi connectivity index (χ0v) is 28.2. The minimum atomic E-state index is -0.546. The Bertz CT molecular complexity index is 2070. The maximum Gasteiger partial charge on any atom is 0.272 e. The summed E-state index contributed by atoms with van der Waals surface area (Å²) in [6, 6.07) is 37.7. The topological polar surface area (TPSA) is 121 Å². The Hall–Kier alpha value is -6.13. The van der Waals surface area contributed by atoms with Crippen molar-refractivity contribution in [2.24, 2.45) is 0 Å². The molecule has 1 aromatic heterocycles. The Morgan fingerprint density at radius 2 is 1.44 bits per heavy atom. The van der Waals surface area contributed by atoms with Crippen molar-refractivity contribution in [3.8, 4) is 11.3 Å². The average Bonchev–Trinajstić information content (AvgIpc) is 3.70. The van der Waals surface area contributed by atoms with Crippen molar-refractivity contribution in [3.05, 3.63) is 161 Å². The summed E-state index contributed by atoms with van der Waals surface area (Å²) in [7, 11) is 1.84. The van der Waals surface area contributed by atoms with E-state index >= 15 is 0 Å². The summed E-state index contributed by atoms with van der Waals surface area (Å²) in [5.41, 5.74) is 3.63. The smallest absolute Gasteiger partial charge is 0.272 e. The second-order valence-electron chi connectivity index (χ2n) is 11.5. The molecule has 6 rings (SSSR count). The van der Waals surface area contributed by atoms with E-state index in [4.69, 9.17) is 4.42 Å². The Labute approximate surface area is 294 Å². The monoisotopic (exact) mass is 682 g/mol. The molecule has 5 aromatic rings. The largest absolute Gasteiger partial charge is 0.457 e. The van der Waals surface area contributed by atoms with Crippen molar-refractivity contribution in [3.63, 3.8) is 0 Å². The molecule has 250 valence electrons. The van der Waals surface area contributed by atoms with Gasteiger partial charge in [-0.3, -0.25) is 19.2 Å². The molecule has 50 heavy (non-hydrogen) atoms. The minimum absolute atomic E-state index is 0.00542. The van der Waals surface area contributed by atoms with Gasteiger partial charge in [0.25, 0.3) is 11.8 Å². The first-order valence-electron chi connectivity index (χ1n) is 15.9. The van der Waals surface area contributed by atoms with Gasteiger partial charge < -0.3 is 25.3 Å². The molecule has 3 N–H and O–H groups in total. The lowest BCUT2D eigenvalue weighted by molar-refractivity contribution is -0.122. The molecule has 0 aliphatic carbocycles. The Kier molecular flexibility index (Phi) is 10.4. The zero-order valence-electron chi connectivity index (χ0n) is 27.4. The fourth-order valence-corrected chi connectivity index (χ4v) is 6.15. The quantitative estimate of drug-likeness (QED) is 0.101. The first-order chi connectivity index (χ1) is 24.3. The van der Waals surface area contributed by atoms with Gasteiger partial charge in [0.05, 0.1) is 5.75 Å². The Balaban J connectivity index is 1.09. The first-order valence-corrected chi connectivity index (χ1v) is 16.9. The van der Waals surface area contributed by atoms with Crippen LogP contribution in [-0.2, 0) is 14.4 Å². The average molecular weight is 683 g/mol. The number of rotatable bonds is 11. The van der Waals surface area contributed by atoms with Crippen LogP contribution >= 0.6 is 11.8 Å². The van der Waals surface area contributed by atoms with Crippen molar-refractivity contribution in [1.82, 2.24) is 15.5 Å². The molecule has 0 unspecified atom stereocenters. The van der Waals surface area contributed by atoms with Gasteiger partial charge in [-0.15, -0.1) is 11.8 Å². The number of anilines is 1. The summed E-state index contributed by atoms with van der Waals surface area (Å²) >= 11 is 1.30. The third kappa shape index (κ3) is 7.94. The number of carbonyl (C=O) groups is 4. The second kappa shape index (κ2) is 15.4. The van der Waals surface area contributed by atoms with E-state index in [-0.39, 0.29) is 23.1 Å². The van der Waals surface area contributed by atoms with Gasteiger partial charge in [0.15, 0.2) is 0 Å². The maximum atomic E-state index is 13.5. The number of amides is 3. The Morgan fingerprint density at radius 1 is 0.800 bits per heavy atom. The summed E-state index contributed by atoms with van der Waals surface area (Å²) in [6.45, 7) is 1.82. The SMILES string of the molecule is CC1=C(NC(=O)CSc2ccc(NC(=O)/C(=C\c3ccc(-c4ccccc4)o3)NC(=O)c3ccccc3)cc2)C(=O)[C@H](c2ccccc2)N1C. The van der Waals surface area contributed by atoms with Crippen LogP contribution in [0.5, 0.6) is 0 Å². The number of hydrogen-bond donors (Lipinski definition) is 3.